The van der Waals surface area contributed by atoms with Gasteiger partial charge in [-0.1, -0.05) is 30.3 Å². The van der Waals surface area contributed by atoms with E-state index in [0.717, 1.165) is 5.56 Å². The second-order valence-electron chi connectivity index (χ2n) is 8.77. The maximum Gasteiger partial charge on any atom is 0.313 e. The van der Waals surface area contributed by atoms with Gasteiger partial charge in [-0.2, -0.15) is 0 Å². The molecule has 0 unspecified atom stereocenters. The highest BCUT2D eigenvalue weighted by atomic mass is 16.6. The molecule has 1 fully saturated rings. The van der Waals surface area contributed by atoms with Gasteiger partial charge in [0.05, 0.1) is 19.4 Å². The molecule has 0 aromatic heterocycles. The molecule has 1 saturated carbocycles. The number of benzene rings is 1. The predicted molar refractivity (Wildman–Crippen MR) is 108 cm³/mol. The number of methoxy groups -OCH3 is 1. The maximum atomic E-state index is 12.9. The van der Waals surface area contributed by atoms with Crippen LogP contribution in [0.5, 0.6) is 0 Å². The van der Waals surface area contributed by atoms with Crippen LogP contribution in [0.2, 0.25) is 0 Å². The van der Waals surface area contributed by atoms with Crippen LogP contribution < -0.4 is 0 Å². The van der Waals surface area contributed by atoms with Gasteiger partial charge in [0.15, 0.2) is 0 Å². The Bertz CT molecular complexity index is 772. The molecule has 0 amide bonds. The van der Waals surface area contributed by atoms with Crippen LogP contribution in [0.1, 0.15) is 58.4 Å². The first kappa shape index (κ1) is 23.6. The number of hydrogen-bond donors (Lipinski definition) is 0. The van der Waals surface area contributed by atoms with E-state index in [1.54, 1.807) is 20.8 Å². The van der Waals surface area contributed by atoms with Gasteiger partial charge in [-0.15, -0.1) is 0 Å². The molecular weight excluding hydrogens is 388 g/mol. The molecule has 0 N–H and O–H groups in total. The molecule has 0 heterocycles. The smallest absolute Gasteiger partial charge is 0.313 e. The largest absolute Gasteiger partial charge is 0.469 e. The summed E-state index contributed by atoms with van der Waals surface area (Å²) in [5, 5.41) is 0. The fourth-order valence-corrected chi connectivity index (χ4v) is 3.39. The fourth-order valence-electron chi connectivity index (χ4n) is 3.39. The number of esters is 3. The summed E-state index contributed by atoms with van der Waals surface area (Å²) in [6, 6.07) is 9.20. The Morgan fingerprint density at radius 3 is 2.20 bits per heavy atom. The van der Waals surface area contributed by atoms with Crippen molar-refractivity contribution in [2.75, 3.05) is 7.11 Å². The third-order valence-corrected chi connectivity index (χ3v) is 5.06. The van der Waals surface area contributed by atoms with Crippen molar-refractivity contribution >= 4 is 23.7 Å². The number of Topliss-reactive ketones (excluding diaryl/α,β-unsaturated/α-hetero) is 1. The average molecular weight is 418 g/mol. The van der Waals surface area contributed by atoms with Crippen LogP contribution in [-0.2, 0) is 40.0 Å². The first-order valence-electron chi connectivity index (χ1n) is 10.1. The van der Waals surface area contributed by atoms with E-state index in [0.29, 0.717) is 12.8 Å². The van der Waals surface area contributed by atoms with Crippen LogP contribution in [0.15, 0.2) is 30.3 Å². The third-order valence-electron chi connectivity index (χ3n) is 5.06. The Morgan fingerprint density at radius 1 is 1.03 bits per heavy atom. The Balaban J connectivity index is 2.11. The lowest BCUT2D eigenvalue weighted by Crippen LogP contribution is -2.33. The minimum absolute atomic E-state index is 0.0286. The molecule has 1 aromatic rings. The van der Waals surface area contributed by atoms with Gasteiger partial charge in [0.2, 0.25) is 0 Å². The summed E-state index contributed by atoms with van der Waals surface area (Å²) in [5.74, 6) is -2.85. The summed E-state index contributed by atoms with van der Waals surface area (Å²) in [6.45, 7) is 5.39. The van der Waals surface area contributed by atoms with E-state index in [2.05, 4.69) is 4.74 Å². The molecule has 1 atom stereocenters. The fraction of sp³-hybridized carbons (Fsp3) is 0.565. The van der Waals surface area contributed by atoms with E-state index < -0.39 is 47.0 Å². The van der Waals surface area contributed by atoms with Gasteiger partial charge in [0.25, 0.3) is 0 Å². The van der Waals surface area contributed by atoms with E-state index in [4.69, 9.17) is 9.47 Å². The van der Waals surface area contributed by atoms with Crippen LogP contribution in [0.3, 0.4) is 0 Å². The van der Waals surface area contributed by atoms with Gasteiger partial charge < -0.3 is 14.2 Å². The lowest BCUT2D eigenvalue weighted by Gasteiger charge is -2.26. The third kappa shape index (κ3) is 7.28. The quantitative estimate of drug-likeness (QED) is 0.326. The molecular formula is C23H30O7. The molecule has 0 bridgehead atoms. The summed E-state index contributed by atoms with van der Waals surface area (Å²) >= 11 is 0. The molecule has 0 spiro atoms. The Hall–Kier alpha value is -2.70. The van der Waals surface area contributed by atoms with E-state index in [1.165, 1.54) is 7.11 Å². The number of rotatable bonds is 10. The molecule has 0 saturated heterocycles. The second-order valence-corrected chi connectivity index (χ2v) is 8.77. The molecule has 1 aliphatic rings. The topological polar surface area (TPSA) is 96.0 Å². The van der Waals surface area contributed by atoms with Gasteiger partial charge in [-0.25, -0.2) is 0 Å². The second kappa shape index (κ2) is 9.87. The summed E-state index contributed by atoms with van der Waals surface area (Å²) in [5.41, 5.74) is -0.499. The van der Waals surface area contributed by atoms with E-state index >= 15 is 0 Å². The molecule has 164 valence electrons. The van der Waals surface area contributed by atoms with E-state index in [9.17, 15) is 19.2 Å². The standard InChI is InChI=1S/C23H30O7/c1-22(2,3)30-20(26)14-23(10-11-23)18(12-17(24)13-19(25)28-4)21(27)29-15-16-8-6-5-7-9-16/h5-9,18H,10-15H2,1-4H3/t18-/m0/s1. The summed E-state index contributed by atoms with van der Waals surface area (Å²) in [6.07, 6.45) is 0.666. The van der Waals surface area contributed by atoms with Crippen LogP contribution in [0.4, 0.5) is 0 Å². The van der Waals surface area contributed by atoms with Crippen molar-refractivity contribution in [1.82, 2.24) is 0 Å². The molecule has 0 aliphatic heterocycles. The Kier molecular flexibility index (Phi) is 7.76. The van der Waals surface area contributed by atoms with Gasteiger partial charge in [0, 0.05) is 6.42 Å². The van der Waals surface area contributed by atoms with Crippen molar-refractivity contribution in [2.24, 2.45) is 11.3 Å². The van der Waals surface area contributed by atoms with E-state index in [1.807, 2.05) is 30.3 Å². The molecule has 7 heteroatoms. The summed E-state index contributed by atoms with van der Waals surface area (Å²) in [7, 11) is 1.20. The van der Waals surface area contributed by atoms with Crippen LogP contribution in [0.25, 0.3) is 0 Å². The Labute approximate surface area is 177 Å². The van der Waals surface area contributed by atoms with Gasteiger partial charge in [-0.3, -0.25) is 19.2 Å². The van der Waals surface area contributed by atoms with Crippen LogP contribution in [-0.4, -0.2) is 36.4 Å². The number of carbonyl (C=O) groups is 4. The zero-order valence-corrected chi connectivity index (χ0v) is 18.1. The Morgan fingerprint density at radius 2 is 1.67 bits per heavy atom. The maximum absolute atomic E-state index is 12.9. The van der Waals surface area contributed by atoms with Gasteiger partial charge in [-0.05, 0) is 44.6 Å². The normalized spacial score (nSPS) is 15.6. The average Bonchev–Trinajstić information content (AvgIpc) is 3.43. The van der Waals surface area contributed by atoms with Crippen LogP contribution >= 0.6 is 0 Å². The molecule has 1 aromatic carbocycles. The van der Waals surface area contributed by atoms with Gasteiger partial charge in [0.1, 0.15) is 24.4 Å². The zero-order chi connectivity index (χ0) is 22.4. The van der Waals surface area contributed by atoms with Crippen LogP contribution in [0, 0.1) is 11.3 Å². The zero-order valence-electron chi connectivity index (χ0n) is 18.1. The predicted octanol–water partition coefficient (Wildman–Crippen LogP) is 3.38. The van der Waals surface area contributed by atoms with Crippen molar-refractivity contribution in [3.05, 3.63) is 35.9 Å². The van der Waals surface area contributed by atoms with Crippen molar-refractivity contribution < 1.29 is 33.4 Å². The van der Waals surface area contributed by atoms with Crippen molar-refractivity contribution in [3.8, 4) is 0 Å². The SMILES string of the molecule is COC(=O)CC(=O)C[C@@H](C(=O)OCc1ccccc1)C1(CC(=O)OC(C)(C)C)CC1. The van der Waals surface area contributed by atoms with Gasteiger partial charge >= 0.3 is 17.9 Å². The van der Waals surface area contributed by atoms with E-state index in [-0.39, 0.29) is 19.4 Å². The number of carbonyl (C=O) groups excluding carboxylic acids is 4. The first-order chi connectivity index (χ1) is 14.0. The molecule has 7 nitrogen and oxygen atoms in total. The first-order valence-corrected chi connectivity index (χ1v) is 10.1. The molecule has 0 radical (unpaired) electrons. The number of ketones is 1. The molecule has 1 aliphatic carbocycles. The molecule has 30 heavy (non-hydrogen) atoms. The summed E-state index contributed by atoms with van der Waals surface area (Å²) < 4.78 is 15.4. The molecule has 2 rings (SSSR count). The lowest BCUT2D eigenvalue weighted by molar-refractivity contribution is -0.161. The minimum atomic E-state index is -0.814. The van der Waals surface area contributed by atoms with Crippen molar-refractivity contribution in [3.63, 3.8) is 0 Å². The number of ether oxygens (including phenoxy) is 3. The monoisotopic (exact) mass is 418 g/mol. The highest BCUT2D eigenvalue weighted by Crippen LogP contribution is 2.56. The van der Waals surface area contributed by atoms with Crippen molar-refractivity contribution in [2.45, 2.75) is 65.1 Å². The highest BCUT2D eigenvalue weighted by molar-refractivity contribution is 5.97. The van der Waals surface area contributed by atoms with Crippen molar-refractivity contribution in [1.29, 1.82) is 0 Å². The number of hydrogen-bond acceptors (Lipinski definition) is 7. The minimum Gasteiger partial charge on any atom is -0.469 e. The lowest BCUT2D eigenvalue weighted by atomic mass is 9.82. The summed E-state index contributed by atoms with van der Waals surface area (Å²) in [4.78, 5) is 49.1. The highest BCUT2D eigenvalue weighted by Gasteiger charge is 2.55.